The largest absolute Gasteiger partial charge is 0.479 e. The van der Waals surface area contributed by atoms with Gasteiger partial charge in [-0.3, -0.25) is 4.79 Å². The number of ether oxygens (including phenoxy) is 2. The molecule has 0 aliphatic rings. The molecule has 0 bridgehead atoms. The van der Waals surface area contributed by atoms with Crippen LogP contribution in [0.2, 0.25) is 0 Å². The molecular formula is C26H30O5. The van der Waals surface area contributed by atoms with Crippen molar-refractivity contribution in [3.8, 4) is 16.9 Å². The second-order valence-corrected chi connectivity index (χ2v) is 7.69. The van der Waals surface area contributed by atoms with E-state index in [9.17, 15) is 9.59 Å². The van der Waals surface area contributed by atoms with Crippen LogP contribution in [0.5, 0.6) is 5.75 Å². The molecule has 1 atom stereocenters. The number of carbonyl (C=O) groups is 1. The highest BCUT2D eigenvalue weighted by atomic mass is 16.6. The molecule has 0 fully saturated rings. The topological polar surface area (TPSA) is 65.7 Å². The van der Waals surface area contributed by atoms with E-state index in [0.29, 0.717) is 28.7 Å². The Kier molecular flexibility index (Phi) is 8.27. The smallest absolute Gasteiger partial charge is 0.347 e. The molecule has 0 unspecified atom stereocenters. The fourth-order valence-electron chi connectivity index (χ4n) is 3.63. The number of hydrogen-bond acceptors (Lipinski definition) is 5. The van der Waals surface area contributed by atoms with Crippen molar-refractivity contribution in [1.82, 2.24) is 0 Å². The van der Waals surface area contributed by atoms with Crippen LogP contribution in [-0.4, -0.2) is 19.2 Å². The summed E-state index contributed by atoms with van der Waals surface area (Å²) in [6, 6.07) is 14.4. The highest BCUT2D eigenvalue weighted by molar-refractivity contribution is 5.83. The zero-order valence-electron chi connectivity index (χ0n) is 18.3. The molecule has 3 aromatic rings. The molecule has 31 heavy (non-hydrogen) atoms. The zero-order chi connectivity index (χ0) is 22.1. The minimum atomic E-state index is -0.677. The highest BCUT2D eigenvalue weighted by Gasteiger charge is 2.21. The van der Waals surface area contributed by atoms with E-state index in [4.69, 9.17) is 13.9 Å². The molecule has 0 amide bonds. The first-order chi connectivity index (χ1) is 15.1. The maximum Gasteiger partial charge on any atom is 0.347 e. The van der Waals surface area contributed by atoms with Crippen molar-refractivity contribution in [3.63, 3.8) is 0 Å². The number of fused-ring (bicyclic) bond motifs is 1. The van der Waals surface area contributed by atoms with E-state index in [2.05, 4.69) is 6.92 Å². The van der Waals surface area contributed by atoms with Gasteiger partial charge in [0.2, 0.25) is 0 Å². The number of methoxy groups -OCH3 is 1. The van der Waals surface area contributed by atoms with Crippen molar-refractivity contribution in [3.05, 3.63) is 65.0 Å². The standard InChI is InChI=1S/C26H30O5/c1-3-4-5-6-7-11-14-23(26(28)29-2)31-20-15-16-21-24(17-20)30-18-22(25(21)27)19-12-9-8-10-13-19/h8-10,12-13,15-18,23H,3-7,11,14H2,1-2H3/t23-/m1/s1. The molecule has 0 aliphatic heterocycles. The third-order valence-corrected chi connectivity index (χ3v) is 5.39. The van der Waals surface area contributed by atoms with E-state index in [1.165, 1.54) is 32.6 Å². The highest BCUT2D eigenvalue weighted by Crippen LogP contribution is 2.24. The maximum absolute atomic E-state index is 12.9. The Morgan fingerprint density at radius 2 is 1.74 bits per heavy atom. The first kappa shape index (κ1) is 22.6. The minimum absolute atomic E-state index is 0.101. The van der Waals surface area contributed by atoms with Crippen molar-refractivity contribution >= 4 is 16.9 Å². The molecule has 3 rings (SSSR count). The third kappa shape index (κ3) is 5.97. The summed E-state index contributed by atoms with van der Waals surface area (Å²) in [6.45, 7) is 2.19. The van der Waals surface area contributed by atoms with E-state index in [0.717, 1.165) is 24.8 Å². The number of benzene rings is 2. The van der Waals surface area contributed by atoms with Crippen LogP contribution in [0.1, 0.15) is 51.9 Å². The normalized spacial score (nSPS) is 11.9. The summed E-state index contributed by atoms with van der Waals surface area (Å²) in [6.07, 6.45) is 8.17. The van der Waals surface area contributed by atoms with Gasteiger partial charge in [-0.15, -0.1) is 0 Å². The van der Waals surface area contributed by atoms with Gasteiger partial charge in [0.25, 0.3) is 0 Å². The number of carbonyl (C=O) groups excluding carboxylic acids is 1. The molecule has 0 saturated carbocycles. The van der Waals surface area contributed by atoms with Crippen LogP contribution in [0.15, 0.2) is 64.0 Å². The molecule has 0 radical (unpaired) electrons. The molecule has 1 aromatic heterocycles. The molecular weight excluding hydrogens is 392 g/mol. The van der Waals surface area contributed by atoms with E-state index < -0.39 is 12.1 Å². The summed E-state index contributed by atoms with van der Waals surface area (Å²) in [5.41, 5.74) is 1.64. The maximum atomic E-state index is 12.9. The summed E-state index contributed by atoms with van der Waals surface area (Å²) < 4.78 is 16.6. The molecule has 0 spiro atoms. The second-order valence-electron chi connectivity index (χ2n) is 7.69. The lowest BCUT2D eigenvalue weighted by atomic mass is 10.1. The molecule has 2 aromatic carbocycles. The molecule has 0 aliphatic carbocycles. The van der Waals surface area contributed by atoms with E-state index in [1.54, 1.807) is 18.2 Å². The summed E-state index contributed by atoms with van der Waals surface area (Å²) in [7, 11) is 1.37. The zero-order valence-corrected chi connectivity index (χ0v) is 18.3. The SMILES string of the molecule is CCCCCCCC[C@@H](Oc1ccc2c(=O)c(-c3ccccc3)coc2c1)C(=O)OC. The van der Waals surface area contributed by atoms with Crippen LogP contribution in [0.4, 0.5) is 0 Å². The van der Waals surface area contributed by atoms with Gasteiger partial charge >= 0.3 is 5.97 Å². The summed E-state index contributed by atoms with van der Waals surface area (Å²) >= 11 is 0. The van der Waals surface area contributed by atoms with E-state index >= 15 is 0 Å². The molecule has 164 valence electrons. The lowest BCUT2D eigenvalue weighted by Gasteiger charge is -2.17. The van der Waals surface area contributed by atoms with Gasteiger partial charge in [-0.2, -0.15) is 0 Å². The monoisotopic (exact) mass is 422 g/mol. The number of hydrogen-bond donors (Lipinski definition) is 0. The Morgan fingerprint density at radius 1 is 1.00 bits per heavy atom. The number of rotatable bonds is 11. The van der Waals surface area contributed by atoms with Crippen LogP contribution < -0.4 is 10.2 Å². The summed E-state index contributed by atoms with van der Waals surface area (Å²) in [4.78, 5) is 25.1. The average molecular weight is 423 g/mol. The van der Waals surface area contributed by atoms with Crippen LogP contribution in [0, 0.1) is 0 Å². The predicted molar refractivity (Wildman–Crippen MR) is 122 cm³/mol. The van der Waals surface area contributed by atoms with Crippen molar-refractivity contribution in [2.45, 2.75) is 58.0 Å². The fourth-order valence-corrected chi connectivity index (χ4v) is 3.63. The van der Waals surface area contributed by atoms with Gasteiger partial charge < -0.3 is 13.9 Å². The Bertz CT molecular complexity index is 1040. The minimum Gasteiger partial charge on any atom is -0.479 e. The first-order valence-corrected chi connectivity index (χ1v) is 11.0. The molecule has 0 saturated heterocycles. The van der Waals surface area contributed by atoms with Gasteiger partial charge in [0, 0.05) is 6.07 Å². The van der Waals surface area contributed by atoms with Gasteiger partial charge in [0.15, 0.2) is 11.5 Å². The lowest BCUT2D eigenvalue weighted by Crippen LogP contribution is -2.28. The summed E-state index contributed by atoms with van der Waals surface area (Å²) in [5, 5.41) is 0.472. The number of esters is 1. The van der Waals surface area contributed by atoms with Gasteiger partial charge in [-0.05, 0) is 30.5 Å². The van der Waals surface area contributed by atoms with Crippen molar-refractivity contribution < 1.29 is 18.7 Å². The molecule has 5 nitrogen and oxygen atoms in total. The van der Waals surface area contributed by atoms with E-state index in [1.807, 2.05) is 30.3 Å². The van der Waals surface area contributed by atoms with Crippen molar-refractivity contribution in [2.24, 2.45) is 0 Å². The first-order valence-electron chi connectivity index (χ1n) is 11.0. The predicted octanol–water partition coefficient (Wildman–Crippen LogP) is 6.13. The van der Waals surface area contributed by atoms with Gasteiger partial charge in [-0.25, -0.2) is 4.79 Å². The molecule has 0 N–H and O–H groups in total. The van der Waals surface area contributed by atoms with Crippen LogP contribution in [-0.2, 0) is 9.53 Å². The van der Waals surface area contributed by atoms with Gasteiger partial charge in [-0.1, -0.05) is 69.4 Å². The Morgan fingerprint density at radius 3 is 2.48 bits per heavy atom. The van der Waals surface area contributed by atoms with Gasteiger partial charge in [0.1, 0.15) is 17.6 Å². The van der Waals surface area contributed by atoms with Crippen molar-refractivity contribution in [2.75, 3.05) is 7.11 Å². The fraction of sp³-hybridized carbons (Fsp3) is 0.385. The molecule has 5 heteroatoms. The Labute approximate surface area is 183 Å². The Hall–Kier alpha value is -3.08. The lowest BCUT2D eigenvalue weighted by molar-refractivity contribution is -0.149. The second kappa shape index (κ2) is 11.3. The van der Waals surface area contributed by atoms with Crippen LogP contribution in [0.25, 0.3) is 22.1 Å². The Balaban J connectivity index is 1.73. The third-order valence-electron chi connectivity index (χ3n) is 5.39. The average Bonchev–Trinajstić information content (AvgIpc) is 2.80. The van der Waals surface area contributed by atoms with Crippen molar-refractivity contribution in [1.29, 1.82) is 0 Å². The summed E-state index contributed by atoms with van der Waals surface area (Å²) in [5.74, 6) is 0.0824. The van der Waals surface area contributed by atoms with Gasteiger partial charge in [0.05, 0.1) is 18.1 Å². The quantitative estimate of drug-likeness (QED) is 0.275. The molecule has 1 heterocycles. The van der Waals surface area contributed by atoms with Crippen LogP contribution in [0.3, 0.4) is 0 Å². The van der Waals surface area contributed by atoms with E-state index in [-0.39, 0.29) is 5.43 Å². The van der Waals surface area contributed by atoms with Crippen LogP contribution >= 0.6 is 0 Å². The number of unbranched alkanes of at least 4 members (excludes halogenated alkanes) is 5.